The second-order valence-electron chi connectivity index (χ2n) is 10.8. The first-order chi connectivity index (χ1) is 14.9. The first kappa shape index (κ1) is 20.7. The Morgan fingerprint density at radius 2 is 1.77 bits per heavy atom. The van der Waals surface area contributed by atoms with Gasteiger partial charge in [0.15, 0.2) is 5.78 Å². The Hall–Kier alpha value is -2.16. The van der Waals surface area contributed by atoms with Gasteiger partial charge in [0.2, 0.25) is 0 Å². The summed E-state index contributed by atoms with van der Waals surface area (Å²) in [5.74, 6) is 2.23. The van der Waals surface area contributed by atoms with Gasteiger partial charge in [0.25, 0.3) is 0 Å². The molecule has 1 aromatic rings. The summed E-state index contributed by atoms with van der Waals surface area (Å²) in [5.41, 5.74) is 3.29. The fourth-order valence-corrected chi connectivity index (χ4v) is 7.85. The molecule has 4 aliphatic rings. The zero-order valence-corrected chi connectivity index (χ0v) is 19.0. The average Bonchev–Trinajstić information content (AvgIpc) is 3.15. The van der Waals surface area contributed by atoms with Crippen molar-refractivity contribution in [2.75, 3.05) is 7.11 Å². The Bertz CT molecular complexity index is 958. The summed E-state index contributed by atoms with van der Waals surface area (Å²) in [4.78, 5) is 25.5. The van der Waals surface area contributed by atoms with Crippen LogP contribution >= 0.6 is 0 Å². The van der Waals surface area contributed by atoms with Gasteiger partial charge in [-0.3, -0.25) is 4.79 Å². The van der Waals surface area contributed by atoms with E-state index in [0.717, 1.165) is 43.2 Å². The molecule has 0 saturated heterocycles. The monoisotopic (exact) mass is 418 g/mol. The molecule has 6 atom stereocenters. The lowest BCUT2D eigenvalue weighted by molar-refractivity contribution is -0.136. The van der Waals surface area contributed by atoms with Crippen LogP contribution in [0, 0.1) is 34.5 Å². The molecule has 3 nitrogen and oxygen atoms in total. The molecule has 1 aromatic carbocycles. The summed E-state index contributed by atoms with van der Waals surface area (Å²) in [6.07, 6.45) is 12.0. The molecule has 0 amide bonds. The normalized spacial score (nSPS) is 38.8. The molecule has 4 aliphatic carbocycles. The van der Waals surface area contributed by atoms with Gasteiger partial charge in [-0.1, -0.05) is 50.3 Å². The van der Waals surface area contributed by atoms with Crippen molar-refractivity contribution >= 4 is 11.8 Å². The highest BCUT2D eigenvalue weighted by molar-refractivity contribution is 5.98. The molecule has 0 bridgehead atoms. The lowest BCUT2D eigenvalue weighted by Gasteiger charge is -2.57. The van der Waals surface area contributed by atoms with Crippen LogP contribution in [0.2, 0.25) is 0 Å². The van der Waals surface area contributed by atoms with Crippen molar-refractivity contribution in [3.8, 4) is 0 Å². The standard InChI is InChI=1S/C28H34O3/c1-27-15-13-19(26(30)31-3)17-20(27)9-10-21-22-11-12-24(28(22,2)16-14-23(21)27)25(29)18-7-5-4-6-8-18/h4-9,17,21-24H,10-16H2,1-3H3/t21?,22?,23?,24-,27+,28+/m1/s1. The molecule has 0 N–H and O–H groups in total. The smallest absolute Gasteiger partial charge is 0.333 e. The summed E-state index contributed by atoms with van der Waals surface area (Å²) in [5, 5.41) is 0. The Morgan fingerprint density at radius 3 is 2.52 bits per heavy atom. The van der Waals surface area contributed by atoms with Gasteiger partial charge in [-0.2, -0.15) is 0 Å². The molecule has 164 valence electrons. The Morgan fingerprint density at radius 1 is 1.00 bits per heavy atom. The molecule has 3 unspecified atom stereocenters. The first-order valence-electron chi connectivity index (χ1n) is 12.0. The minimum absolute atomic E-state index is 0.109. The highest BCUT2D eigenvalue weighted by Gasteiger charge is 2.59. The van der Waals surface area contributed by atoms with Crippen LogP contribution in [0.15, 0.2) is 53.6 Å². The molecular weight excluding hydrogens is 384 g/mol. The van der Waals surface area contributed by atoms with E-state index < -0.39 is 0 Å². The van der Waals surface area contributed by atoms with E-state index in [1.54, 1.807) is 0 Å². The van der Waals surface area contributed by atoms with Crippen molar-refractivity contribution in [2.45, 2.75) is 58.8 Å². The summed E-state index contributed by atoms with van der Waals surface area (Å²) in [6.45, 7) is 4.83. The summed E-state index contributed by atoms with van der Waals surface area (Å²) >= 11 is 0. The van der Waals surface area contributed by atoms with Gasteiger partial charge in [0.05, 0.1) is 7.11 Å². The zero-order valence-electron chi connectivity index (χ0n) is 19.0. The number of carbonyl (C=O) groups excluding carboxylic acids is 2. The van der Waals surface area contributed by atoms with E-state index in [0.29, 0.717) is 23.5 Å². The second-order valence-corrected chi connectivity index (χ2v) is 10.8. The van der Waals surface area contributed by atoms with E-state index >= 15 is 0 Å². The highest BCUT2D eigenvalue weighted by atomic mass is 16.5. The minimum atomic E-state index is -0.181. The number of benzene rings is 1. The van der Waals surface area contributed by atoms with Gasteiger partial charge in [-0.15, -0.1) is 0 Å². The van der Waals surface area contributed by atoms with Crippen molar-refractivity contribution in [1.82, 2.24) is 0 Å². The van der Waals surface area contributed by atoms with E-state index in [9.17, 15) is 9.59 Å². The lowest BCUT2D eigenvalue weighted by Crippen LogP contribution is -2.50. The molecule has 31 heavy (non-hydrogen) atoms. The second kappa shape index (κ2) is 7.46. The molecule has 0 spiro atoms. The van der Waals surface area contributed by atoms with Crippen LogP contribution in [0.25, 0.3) is 0 Å². The Kier molecular flexibility index (Phi) is 4.99. The number of allylic oxidation sites excluding steroid dienone is 3. The van der Waals surface area contributed by atoms with Crippen molar-refractivity contribution in [2.24, 2.45) is 34.5 Å². The predicted octanol–water partition coefficient (Wildman–Crippen LogP) is 6.16. The number of rotatable bonds is 3. The number of ether oxygens (including phenoxy) is 1. The predicted molar refractivity (Wildman–Crippen MR) is 121 cm³/mol. The van der Waals surface area contributed by atoms with E-state index in [2.05, 4.69) is 26.0 Å². The molecule has 0 aromatic heterocycles. The minimum Gasteiger partial charge on any atom is -0.466 e. The average molecular weight is 419 g/mol. The van der Waals surface area contributed by atoms with Gasteiger partial charge in [-0.25, -0.2) is 4.79 Å². The number of esters is 1. The van der Waals surface area contributed by atoms with Gasteiger partial charge in [0.1, 0.15) is 0 Å². The lowest BCUT2D eigenvalue weighted by atomic mass is 9.47. The van der Waals surface area contributed by atoms with E-state index in [1.165, 1.54) is 25.5 Å². The molecule has 0 aliphatic heterocycles. The number of carbonyl (C=O) groups is 2. The zero-order chi connectivity index (χ0) is 21.8. The van der Waals surface area contributed by atoms with Crippen LogP contribution in [0.5, 0.6) is 0 Å². The largest absolute Gasteiger partial charge is 0.466 e. The van der Waals surface area contributed by atoms with Crippen molar-refractivity contribution in [3.05, 3.63) is 59.2 Å². The third-order valence-corrected chi connectivity index (χ3v) is 9.59. The van der Waals surface area contributed by atoms with Gasteiger partial charge in [-0.05, 0) is 85.2 Å². The third-order valence-electron chi connectivity index (χ3n) is 9.59. The molecule has 5 rings (SSSR count). The molecule has 3 heteroatoms. The van der Waals surface area contributed by atoms with Crippen LogP contribution in [0.4, 0.5) is 0 Å². The number of fused-ring (bicyclic) bond motifs is 5. The van der Waals surface area contributed by atoms with Crippen LogP contribution in [-0.2, 0) is 9.53 Å². The van der Waals surface area contributed by atoms with Crippen molar-refractivity contribution < 1.29 is 14.3 Å². The number of ketones is 1. The molecule has 0 heterocycles. The summed E-state index contributed by atoms with van der Waals surface area (Å²) < 4.78 is 4.98. The fourth-order valence-electron chi connectivity index (χ4n) is 7.85. The number of Topliss-reactive ketones (excluding diaryl/α,β-unsaturated/α-hetero) is 1. The summed E-state index contributed by atoms with van der Waals surface area (Å²) in [6, 6.07) is 9.90. The Balaban J connectivity index is 1.43. The van der Waals surface area contributed by atoms with E-state index in [-0.39, 0.29) is 22.7 Å². The van der Waals surface area contributed by atoms with Crippen molar-refractivity contribution in [1.29, 1.82) is 0 Å². The summed E-state index contributed by atoms with van der Waals surface area (Å²) in [7, 11) is 1.47. The Labute approximate surface area is 185 Å². The maximum absolute atomic E-state index is 13.4. The van der Waals surface area contributed by atoms with Gasteiger partial charge >= 0.3 is 5.97 Å². The highest BCUT2D eigenvalue weighted by Crippen LogP contribution is 2.66. The maximum atomic E-state index is 13.4. The fraction of sp³-hybridized carbons (Fsp3) is 0.571. The van der Waals surface area contributed by atoms with Crippen LogP contribution in [0.3, 0.4) is 0 Å². The van der Waals surface area contributed by atoms with E-state index in [4.69, 9.17) is 4.74 Å². The van der Waals surface area contributed by atoms with Crippen molar-refractivity contribution in [3.63, 3.8) is 0 Å². The topological polar surface area (TPSA) is 43.4 Å². The molecule has 2 fully saturated rings. The molecule has 0 radical (unpaired) electrons. The first-order valence-corrected chi connectivity index (χ1v) is 12.0. The van der Waals surface area contributed by atoms with Crippen LogP contribution < -0.4 is 0 Å². The van der Waals surface area contributed by atoms with E-state index in [1.807, 2.05) is 30.3 Å². The van der Waals surface area contributed by atoms with Crippen LogP contribution in [-0.4, -0.2) is 18.9 Å². The third kappa shape index (κ3) is 3.07. The number of hydrogen-bond acceptors (Lipinski definition) is 3. The van der Waals surface area contributed by atoms with Gasteiger partial charge in [0, 0.05) is 17.1 Å². The molecule has 2 saturated carbocycles. The maximum Gasteiger partial charge on any atom is 0.333 e. The SMILES string of the molecule is COC(=O)C1=CC2=CCC3C(CC[C@@]4(C)C3CC[C@@H]4C(=O)c3ccccc3)[C@@]2(C)CC1. The molecular formula is C28H34O3. The quantitative estimate of drug-likeness (QED) is 0.436. The number of hydrogen-bond donors (Lipinski definition) is 0. The van der Waals surface area contributed by atoms with Crippen LogP contribution in [0.1, 0.15) is 69.2 Å². The van der Waals surface area contributed by atoms with Gasteiger partial charge < -0.3 is 4.74 Å². The number of methoxy groups -OCH3 is 1.